The molecular formula is C10H24Br4N2O4. The maximum atomic E-state index is 9.66. The lowest BCUT2D eigenvalue weighted by Crippen LogP contribution is -2.50. The third kappa shape index (κ3) is 12.2. The van der Waals surface area contributed by atoms with Gasteiger partial charge in [0.2, 0.25) is 0 Å². The zero-order chi connectivity index (χ0) is 14.0. The molecule has 4 atom stereocenters. The van der Waals surface area contributed by atoms with Gasteiger partial charge in [0.05, 0.1) is 12.2 Å². The first-order chi connectivity index (χ1) is 8.54. The summed E-state index contributed by atoms with van der Waals surface area (Å²) in [7, 11) is 0. The van der Waals surface area contributed by atoms with Gasteiger partial charge in [0.15, 0.2) is 0 Å². The summed E-state index contributed by atoms with van der Waals surface area (Å²) in [5.74, 6) is 0. The van der Waals surface area contributed by atoms with Crippen LogP contribution in [-0.2, 0) is 0 Å². The number of aliphatic hydroxyl groups excluding tert-OH is 4. The van der Waals surface area contributed by atoms with Crippen LogP contribution in [0.15, 0.2) is 0 Å². The topological polar surface area (TPSA) is 105 Å². The monoisotopic (exact) mass is 552 g/mol. The second-order valence-corrected chi connectivity index (χ2v) is 5.49. The molecule has 0 aliphatic rings. The Morgan fingerprint density at radius 2 is 1.00 bits per heavy atom. The molecule has 6 nitrogen and oxygen atoms in total. The summed E-state index contributed by atoms with van der Waals surface area (Å²) in [5.41, 5.74) is 0. The van der Waals surface area contributed by atoms with Crippen LogP contribution in [0, 0.1) is 0 Å². The molecule has 0 spiro atoms. The predicted octanol–water partition coefficient (Wildman–Crippen LogP) is -0.445. The van der Waals surface area contributed by atoms with Crippen LogP contribution in [0.2, 0.25) is 0 Å². The number of aliphatic hydroxyl groups is 4. The Bertz CT molecular complexity index is 188. The molecule has 0 aliphatic heterocycles. The first-order valence-corrected chi connectivity index (χ1v) is 8.04. The number of rotatable bonds is 11. The number of nitrogens with one attached hydrogen (secondary N) is 2. The van der Waals surface area contributed by atoms with Gasteiger partial charge in [0.1, 0.15) is 12.2 Å². The zero-order valence-electron chi connectivity index (χ0n) is 10.9. The molecule has 0 aromatic heterocycles. The van der Waals surface area contributed by atoms with Crippen molar-refractivity contribution in [2.75, 3.05) is 36.8 Å². The lowest BCUT2D eigenvalue weighted by atomic mass is 10.0. The van der Waals surface area contributed by atoms with E-state index in [0.29, 0.717) is 13.1 Å². The highest BCUT2D eigenvalue weighted by atomic mass is 79.9. The maximum absolute atomic E-state index is 9.66. The summed E-state index contributed by atoms with van der Waals surface area (Å²) in [4.78, 5) is 0. The average molecular weight is 556 g/mol. The average Bonchev–Trinajstić information content (AvgIpc) is 2.37. The normalized spacial score (nSPS) is 16.5. The van der Waals surface area contributed by atoms with Gasteiger partial charge in [-0.2, -0.15) is 0 Å². The van der Waals surface area contributed by atoms with Crippen LogP contribution in [0.5, 0.6) is 0 Å². The second-order valence-electron chi connectivity index (χ2n) is 3.90. The molecular weight excluding hydrogens is 532 g/mol. The molecule has 0 heterocycles. The first-order valence-electron chi connectivity index (χ1n) is 5.80. The Morgan fingerprint density at radius 3 is 1.25 bits per heavy atom. The van der Waals surface area contributed by atoms with Gasteiger partial charge in [-0.15, -0.1) is 34.0 Å². The molecule has 6 N–H and O–H groups in total. The minimum Gasteiger partial charge on any atom is -0.389 e. The van der Waals surface area contributed by atoms with Gasteiger partial charge in [0.25, 0.3) is 0 Å². The Morgan fingerprint density at radius 1 is 0.700 bits per heavy atom. The van der Waals surface area contributed by atoms with Crippen molar-refractivity contribution < 1.29 is 20.4 Å². The Kier molecular flexibility index (Phi) is 22.6. The summed E-state index contributed by atoms with van der Waals surface area (Å²) in [5, 5.41) is 45.8. The minimum absolute atomic E-state index is 0. The molecule has 0 amide bonds. The molecule has 0 aliphatic carbocycles. The van der Waals surface area contributed by atoms with E-state index in [1.54, 1.807) is 0 Å². The first kappa shape index (κ1) is 26.6. The summed E-state index contributed by atoms with van der Waals surface area (Å²) in [6.07, 6.45) is -5.00. The molecule has 0 aromatic carbocycles. The maximum Gasteiger partial charge on any atom is 0.110 e. The molecule has 0 fully saturated rings. The molecule has 0 saturated carbocycles. The van der Waals surface area contributed by atoms with E-state index in [0.717, 1.165) is 10.7 Å². The summed E-state index contributed by atoms with van der Waals surface area (Å²) in [6.45, 7) is 1.61. The van der Waals surface area contributed by atoms with Gasteiger partial charge in [-0.1, -0.05) is 31.9 Å². The Balaban J connectivity index is -0.00000144. The van der Waals surface area contributed by atoms with E-state index in [-0.39, 0.29) is 47.1 Å². The van der Waals surface area contributed by atoms with Gasteiger partial charge in [-0.3, -0.25) is 0 Å². The number of hydrogen-bond acceptors (Lipinski definition) is 6. The van der Waals surface area contributed by atoms with Crippen molar-refractivity contribution in [3.63, 3.8) is 0 Å². The van der Waals surface area contributed by atoms with Crippen molar-refractivity contribution in [1.82, 2.24) is 10.6 Å². The van der Waals surface area contributed by atoms with Crippen LogP contribution in [0.25, 0.3) is 0 Å². The fourth-order valence-corrected chi connectivity index (χ4v) is 1.89. The van der Waals surface area contributed by atoms with E-state index < -0.39 is 24.4 Å². The Hall–Kier alpha value is 1.68. The third-order valence-corrected chi connectivity index (χ3v) is 3.18. The number of alkyl halides is 2. The van der Waals surface area contributed by atoms with Crippen molar-refractivity contribution in [2.24, 2.45) is 0 Å². The van der Waals surface area contributed by atoms with Crippen molar-refractivity contribution in [2.45, 2.75) is 24.4 Å². The highest BCUT2D eigenvalue weighted by Crippen LogP contribution is 2.04. The van der Waals surface area contributed by atoms with Crippen LogP contribution in [0.3, 0.4) is 0 Å². The van der Waals surface area contributed by atoms with Crippen LogP contribution in [-0.4, -0.2) is 81.7 Å². The van der Waals surface area contributed by atoms with Gasteiger partial charge in [-0.25, -0.2) is 0 Å². The molecule has 0 unspecified atom stereocenters. The van der Waals surface area contributed by atoms with E-state index in [4.69, 9.17) is 0 Å². The van der Waals surface area contributed by atoms with E-state index in [1.807, 2.05) is 0 Å². The van der Waals surface area contributed by atoms with E-state index >= 15 is 0 Å². The molecule has 0 radical (unpaired) electrons. The molecule has 0 aromatic rings. The molecule has 0 bridgehead atoms. The summed E-state index contributed by atoms with van der Waals surface area (Å²) in [6, 6.07) is 0. The van der Waals surface area contributed by atoms with Gasteiger partial charge >= 0.3 is 0 Å². The van der Waals surface area contributed by atoms with Crippen LogP contribution < -0.4 is 10.6 Å². The van der Waals surface area contributed by atoms with Crippen molar-refractivity contribution in [3.05, 3.63) is 0 Å². The van der Waals surface area contributed by atoms with E-state index in [2.05, 4.69) is 42.5 Å². The summed E-state index contributed by atoms with van der Waals surface area (Å²) >= 11 is 6.43. The van der Waals surface area contributed by atoms with E-state index in [9.17, 15) is 20.4 Å². The van der Waals surface area contributed by atoms with Gasteiger partial charge in [-0.05, 0) is 0 Å². The standard InChI is InChI=1S/C10H22Br2N2O4.2BrH/c11-1-3-13-5-7(15)9(17)10(18)8(16)6-14-4-2-12;;/h7-10,13-18H,1-6H2;2*1H/t7-,8-,9-,10-;;/m1../s1. The largest absolute Gasteiger partial charge is 0.389 e. The minimum atomic E-state index is -1.38. The molecule has 20 heavy (non-hydrogen) atoms. The van der Waals surface area contributed by atoms with Crippen LogP contribution >= 0.6 is 65.8 Å². The van der Waals surface area contributed by atoms with Crippen LogP contribution in [0.4, 0.5) is 0 Å². The second kappa shape index (κ2) is 17.0. The fraction of sp³-hybridized carbons (Fsp3) is 1.00. The molecule has 0 rings (SSSR count). The van der Waals surface area contributed by atoms with Crippen LogP contribution in [0.1, 0.15) is 0 Å². The third-order valence-electron chi connectivity index (χ3n) is 2.39. The van der Waals surface area contributed by atoms with Gasteiger partial charge < -0.3 is 31.1 Å². The van der Waals surface area contributed by atoms with Crippen molar-refractivity contribution in [3.8, 4) is 0 Å². The number of halogens is 4. The SMILES string of the molecule is Br.Br.O[C@@H]([C@H](O)[C@H](O)CNCCBr)[C@H](O)CNCCBr. The highest BCUT2D eigenvalue weighted by Gasteiger charge is 2.29. The molecule has 126 valence electrons. The predicted molar refractivity (Wildman–Crippen MR) is 98.0 cm³/mol. The Labute approximate surface area is 157 Å². The lowest BCUT2D eigenvalue weighted by Gasteiger charge is -2.26. The van der Waals surface area contributed by atoms with Gasteiger partial charge in [0, 0.05) is 36.8 Å². The van der Waals surface area contributed by atoms with Crippen molar-refractivity contribution >= 4 is 65.8 Å². The lowest BCUT2D eigenvalue weighted by molar-refractivity contribution is -0.102. The fourth-order valence-electron chi connectivity index (χ4n) is 1.33. The number of hydrogen-bond donors (Lipinski definition) is 6. The molecule has 0 saturated heterocycles. The summed E-state index contributed by atoms with van der Waals surface area (Å²) < 4.78 is 0. The molecule has 10 heteroatoms. The van der Waals surface area contributed by atoms with Crippen molar-refractivity contribution in [1.29, 1.82) is 0 Å². The van der Waals surface area contributed by atoms with E-state index in [1.165, 1.54) is 0 Å². The highest BCUT2D eigenvalue weighted by molar-refractivity contribution is 9.09. The quantitative estimate of drug-likeness (QED) is 0.153. The zero-order valence-corrected chi connectivity index (χ0v) is 17.5. The smallest absolute Gasteiger partial charge is 0.110 e.